The van der Waals surface area contributed by atoms with E-state index in [1.165, 1.54) is 0 Å². The third kappa shape index (κ3) is 3.70. The number of aliphatic hydroxyl groups excluding tert-OH is 1. The summed E-state index contributed by atoms with van der Waals surface area (Å²) >= 11 is 0. The first-order chi connectivity index (χ1) is 14.6. The van der Waals surface area contributed by atoms with Gasteiger partial charge in [0.1, 0.15) is 0 Å². The fourth-order valence-corrected chi connectivity index (χ4v) is 3.28. The van der Waals surface area contributed by atoms with Gasteiger partial charge in [0.15, 0.2) is 11.5 Å². The van der Waals surface area contributed by atoms with Gasteiger partial charge in [0, 0.05) is 37.1 Å². The minimum absolute atomic E-state index is 0.0972. The highest BCUT2D eigenvalue weighted by Gasteiger charge is 2.15. The Morgan fingerprint density at radius 2 is 2.00 bits per heavy atom. The van der Waals surface area contributed by atoms with E-state index in [0.717, 1.165) is 22.3 Å². The maximum atomic E-state index is 11.5. The van der Waals surface area contributed by atoms with E-state index in [1.54, 1.807) is 13.2 Å². The molecule has 0 spiro atoms. The zero-order chi connectivity index (χ0) is 21.1. The van der Waals surface area contributed by atoms with Crippen LogP contribution in [0.3, 0.4) is 0 Å². The van der Waals surface area contributed by atoms with Crippen LogP contribution < -0.4 is 21.7 Å². The molecule has 0 unspecified atom stereocenters. The molecule has 0 aliphatic carbocycles. The van der Waals surface area contributed by atoms with Crippen LogP contribution in [0.25, 0.3) is 27.9 Å². The highest BCUT2D eigenvalue weighted by atomic mass is 16.3. The topological polar surface area (TPSA) is 130 Å². The summed E-state index contributed by atoms with van der Waals surface area (Å²) in [6.07, 6.45) is 2.40. The van der Waals surface area contributed by atoms with E-state index >= 15 is 0 Å². The SMILES string of the molecule is CNC(=O)Nc1ccc(-c2cnc3c(NCCCO)nc4cc(N)ccc4n23)cc1. The van der Waals surface area contributed by atoms with Crippen LogP contribution in [0.5, 0.6) is 0 Å². The summed E-state index contributed by atoms with van der Waals surface area (Å²) < 4.78 is 2.03. The second-order valence-corrected chi connectivity index (χ2v) is 6.80. The monoisotopic (exact) mass is 405 g/mol. The van der Waals surface area contributed by atoms with Gasteiger partial charge in [-0.1, -0.05) is 12.1 Å². The second-order valence-electron chi connectivity index (χ2n) is 6.80. The Bertz CT molecular complexity index is 1200. The molecule has 6 N–H and O–H groups in total. The van der Waals surface area contributed by atoms with Crippen LogP contribution in [-0.4, -0.2) is 45.7 Å². The van der Waals surface area contributed by atoms with Gasteiger partial charge >= 0.3 is 6.03 Å². The van der Waals surface area contributed by atoms with Gasteiger partial charge in [-0.2, -0.15) is 0 Å². The lowest BCUT2D eigenvalue weighted by Gasteiger charge is -2.12. The number of rotatable bonds is 6. The fraction of sp³-hybridized carbons (Fsp3) is 0.190. The van der Waals surface area contributed by atoms with Crippen LogP contribution in [-0.2, 0) is 0 Å². The molecule has 0 aliphatic rings. The Kier molecular flexibility index (Phi) is 5.36. The van der Waals surface area contributed by atoms with Crippen LogP contribution in [0.1, 0.15) is 6.42 Å². The van der Waals surface area contributed by atoms with E-state index in [0.29, 0.717) is 35.8 Å². The Hall–Kier alpha value is -3.85. The number of nitrogen functional groups attached to an aromatic ring is 1. The molecule has 0 saturated heterocycles. The average molecular weight is 405 g/mol. The predicted molar refractivity (Wildman–Crippen MR) is 119 cm³/mol. The normalized spacial score (nSPS) is 11.0. The molecule has 154 valence electrons. The molecule has 2 heterocycles. The van der Waals surface area contributed by atoms with Crippen molar-refractivity contribution in [3.05, 3.63) is 48.7 Å². The third-order valence-electron chi connectivity index (χ3n) is 4.74. The lowest BCUT2D eigenvalue weighted by atomic mass is 10.1. The zero-order valence-electron chi connectivity index (χ0n) is 16.5. The van der Waals surface area contributed by atoms with Crippen molar-refractivity contribution in [2.45, 2.75) is 6.42 Å². The number of urea groups is 1. The van der Waals surface area contributed by atoms with E-state index in [-0.39, 0.29) is 12.6 Å². The minimum Gasteiger partial charge on any atom is -0.399 e. The maximum Gasteiger partial charge on any atom is 0.318 e. The molecule has 2 aromatic heterocycles. The first kappa shape index (κ1) is 19.5. The fourth-order valence-electron chi connectivity index (χ4n) is 3.28. The average Bonchev–Trinajstić information content (AvgIpc) is 3.19. The Morgan fingerprint density at radius 3 is 2.73 bits per heavy atom. The predicted octanol–water partition coefficient (Wildman–Crippen LogP) is 2.68. The summed E-state index contributed by atoms with van der Waals surface area (Å²) in [5.41, 5.74) is 11.4. The summed E-state index contributed by atoms with van der Waals surface area (Å²) in [6.45, 7) is 0.676. The van der Waals surface area contributed by atoms with Gasteiger partial charge in [0.2, 0.25) is 0 Å². The number of carbonyl (C=O) groups is 1. The quantitative estimate of drug-likeness (QED) is 0.248. The largest absolute Gasteiger partial charge is 0.399 e. The Balaban J connectivity index is 1.82. The van der Waals surface area contributed by atoms with E-state index in [9.17, 15) is 4.79 Å². The van der Waals surface area contributed by atoms with Crippen molar-refractivity contribution in [2.24, 2.45) is 0 Å². The Labute approximate surface area is 172 Å². The van der Waals surface area contributed by atoms with Crippen molar-refractivity contribution in [3.63, 3.8) is 0 Å². The molecule has 0 atom stereocenters. The van der Waals surface area contributed by atoms with Crippen molar-refractivity contribution < 1.29 is 9.90 Å². The highest BCUT2D eigenvalue weighted by Crippen LogP contribution is 2.30. The van der Waals surface area contributed by atoms with Crippen LogP contribution in [0.2, 0.25) is 0 Å². The van der Waals surface area contributed by atoms with E-state index in [2.05, 4.69) is 25.9 Å². The first-order valence-corrected chi connectivity index (χ1v) is 9.61. The van der Waals surface area contributed by atoms with Gasteiger partial charge in [-0.25, -0.2) is 14.8 Å². The standard InChI is InChI=1S/C21H23N7O2/c1-23-21(30)26-15-6-3-13(4-7-15)18-12-25-20-19(24-9-2-10-29)27-16-11-14(22)5-8-17(16)28(18)20/h3-8,11-12,29H,2,9-10,22H2,1H3,(H,24,27)(H2,23,26,30). The number of anilines is 3. The number of fused-ring (bicyclic) bond motifs is 3. The molecule has 0 fully saturated rings. The highest BCUT2D eigenvalue weighted by molar-refractivity contribution is 5.90. The number of imidazole rings is 1. The molecule has 0 radical (unpaired) electrons. The van der Waals surface area contributed by atoms with Crippen LogP contribution in [0.15, 0.2) is 48.7 Å². The van der Waals surface area contributed by atoms with Crippen molar-refractivity contribution in [3.8, 4) is 11.3 Å². The molecule has 0 bridgehead atoms. The number of hydrogen-bond donors (Lipinski definition) is 5. The first-order valence-electron chi connectivity index (χ1n) is 9.61. The van der Waals surface area contributed by atoms with Crippen molar-refractivity contribution in [1.29, 1.82) is 0 Å². The number of aromatic nitrogens is 3. The molecule has 9 nitrogen and oxygen atoms in total. The smallest absolute Gasteiger partial charge is 0.318 e. The molecular weight excluding hydrogens is 382 g/mol. The lowest BCUT2D eigenvalue weighted by molar-refractivity contribution is 0.254. The number of benzene rings is 2. The van der Waals surface area contributed by atoms with Crippen molar-refractivity contribution >= 4 is 39.9 Å². The summed E-state index contributed by atoms with van der Waals surface area (Å²) in [6, 6.07) is 12.8. The molecule has 0 aliphatic heterocycles. The van der Waals surface area contributed by atoms with Gasteiger partial charge in [-0.05, 0) is 36.8 Å². The Morgan fingerprint density at radius 1 is 1.20 bits per heavy atom. The summed E-state index contributed by atoms with van der Waals surface area (Å²) in [7, 11) is 1.57. The summed E-state index contributed by atoms with van der Waals surface area (Å²) in [5, 5.41) is 17.6. The molecule has 9 heteroatoms. The second kappa shape index (κ2) is 8.26. The number of hydrogen-bond acceptors (Lipinski definition) is 6. The van der Waals surface area contributed by atoms with Gasteiger partial charge < -0.3 is 26.8 Å². The molecule has 2 aromatic carbocycles. The maximum absolute atomic E-state index is 11.5. The molecular formula is C21H23N7O2. The van der Waals surface area contributed by atoms with Crippen LogP contribution >= 0.6 is 0 Å². The third-order valence-corrected chi connectivity index (χ3v) is 4.74. The minimum atomic E-state index is -0.272. The van der Waals surface area contributed by atoms with Crippen molar-refractivity contribution in [1.82, 2.24) is 19.7 Å². The molecule has 4 rings (SSSR count). The van der Waals surface area contributed by atoms with Gasteiger partial charge in [-0.15, -0.1) is 0 Å². The number of carbonyl (C=O) groups excluding carboxylic acids is 1. The number of nitrogens with one attached hydrogen (secondary N) is 3. The van der Waals surface area contributed by atoms with Gasteiger partial charge in [-0.3, -0.25) is 4.40 Å². The van der Waals surface area contributed by atoms with Gasteiger partial charge in [0.05, 0.1) is 22.9 Å². The van der Waals surface area contributed by atoms with E-state index in [1.807, 2.05) is 46.9 Å². The molecule has 0 saturated carbocycles. The van der Waals surface area contributed by atoms with Crippen LogP contribution in [0.4, 0.5) is 22.0 Å². The van der Waals surface area contributed by atoms with E-state index in [4.69, 9.17) is 10.8 Å². The molecule has 2 amide bonds. The molecule has 30 heavy (non-hydrogen) atoms. The zero-order valence-corrected chi connectivity index (χ0v) is 16.5. The van der Waals surface area contributed by atoms with Crippen molar-refractivity contribution in [2.75, 3.05) is 36.6 Å². The number of aliphatic hydroxyl groups is 1. The number of nitrogens with two attached hydrogens (primary N) is 1. The number of nitrogens with zero attached hydrogens (tertiary/aromatic N) is 3. The summed E-state index contributed by atoms with van der Waals surface area (Å²) in [4.78, 5) is 20.8. The molecule has 4 aromatic rings. The number of amides is 2. The summed E-state index contributed by atoms with van der Waals surface area (Å²) in [5.74, 6) is 0.630. The van der Waals surface area contributed by atoms with E-state index < -0.39 is 0 Å². The van der Waals surface area contributed by atoms with Crippen LogP contribution in [0, 0.1) is 0 Å². The van der Waals surface area contributed by atoms with Gasteiger partial charge in [0.25, 0.3) is 0 Å². The lowest BCUT2D eigenvalue weighted by Crippen LogP contribution is -2.24.